The van der Waals surface area contributed by atoms with Gasteiger partial charge in [-0.05, 0) is 36.4 Å². The molecule has 26 heavy (non-hydrogen) atoms. The Hall–Kier alpha value is -1.99. The van der Waals surface area contributed by atoms with E-state index in [1.54, 1.807) is 12.1 Å². The van der Waals surface area contributed by atoms with Crippen LogP contribution in [0.2, 0.25) is 0 Å². The van der Waals surface area contributed by atoms with Gasteiger partial charge in [0.25, 0.3) is 0 Å². The third-order valence-electron chi connectivity index (χ3n) is 3.66. The quantitative estimate of drug-likeness (QED) is 0.545. The monoisotopic (exact) mass is 482 g/mol. The van der Waals surface area contributed by atoms with Crippen molar-refractivity contribution in [3.63, 3.8) is 0 Å². The fourth-order valence-electron chi connectivity index (χ4n) is 2.47. The van der Waals surface area contributed by atoms with E-state index in [1.165, 1.54) is 0 Å². The molecule has 0 N–H and O–H groups in total. The van der Waals surface area contributed by atoms with Crippen LogP contribution in [0.15, 0.2) is 45.3 Å². The lowest BCUT2D eigenvalue weighted by atomic mass is 10.1. The normalized spacial score (nSPS) is 14.2. The minimum Gasteiger partial charge on any atom is -0.492 e. The zero-order valence-corrected chi connectivity index (χ0v) is 17.0. The fraction of sp³-hybridized carbons (Fsp3) is 0.211. The summed E-state index contributed by atoms with van der Waals surface area (Å²) in [5.41, 5.74) is 1.38. The topological polar surface area (TPSA) is 69.7 Å². The fourth-order valence-corrected chi connectivity index (χ4v) is 3.19. The van der Waals surface area contributed by atoms with Crippen LogP contribution in [-0.4, -0.2) is 31.6 Å². The highest BCUT2D eigenvalue weighted by Gasteiger charge is 2.18. The third kappa shape index (κ3) is 5.02. The van der Waals surface area contributed by atoms with E-state index in [2.05, 4.69) is 31.9 Å². The van der Waals surface area contributed by atoms with E-state index in [-0.39, 0.29) is 11.6 Å². The molecule has 4 rings (SSSR count). The summed E-state index contributed by atoms with van der Waals surface area (Å²) in [7, 11) is 0. The van der Waals surface area contributed by atoms with Gasteiger partial charge in [0, 0.05) is 21.8 Å². The number of ether oxygens (including phenoxy) is 2. The van der Waals surface area contributed by atoms with Gasteiger partial charge < -0.3 is 14.3 Å². The van der Waals surface area contributed by atoms with Gasteiger partial charge >= 0.3 is 0 Å². The molecule has 2 heterocycles. The molecule has 2 aromatic carbocycles. The number of halogens is 2. The molecule has 0 atom stereocenters. The Bertz CT molecular complexity index is 752. The van der Waals surface area contributed by atoms with Crippen molar-refractivity contribution >= 4 is 50.2 Å². The Balaban J connectivity index is 0.000000171. The Morgan fingerprint density at radius 3 is 1.50 bits per heavy atom. The summed E-state index contributed by atoms with van der Waals surface area (Å²) < 4.78 is 12.4. The van der Waals surface area contributed by atoms with Crippen LogP contribution in [0.25, 0.3) is 0 Å². The SMILES string of the molecule is C=O.O=C1CCOc2ccc(Br)cc21.O=C1CCOc2ccc(Br)cc21. The Labute approximate surface area is 167 Å². The van der Waals surface area contributed by atoms with E-state index < -0.39 is 0 Å². The van der Waals surface area contributed by atoms with Crippen LogP contribution < -0.4 is 9.47 Å². The highest BCUT2D eigenvalue weighted by atomic mass is 79.9. The van der Waals surface area contributed by atoms with Crippen LogP contribution in [0, 0.1) is 0 Å². The molecule has 0 unspecified atom stereocenters. The van der Waals surface area contributed by atoms with E-state index >= 15 is 0 Å². The van der Waals surface area contributed by atoms with Crippen LogP contribution in [0.4, 0.5) is 0 Å². The van der Waals surface area contributed by atoms with Crippen molar-refractivity contribution in [1.82, 2.24) is 0 Å². The summed E-state index contributed by atoms with van der Waals surface area (Å²) in [6.45, 7) is 3.01. The van der Waals surface area contributed by atoms with Crippen LogP contribution in [0.1, 0.15) is 33.6 Å². The first kappa shape index (κ1) is 20.3. The van der Waals surface area contributed by atoms with Crippen LogP contribution >= 0.6 is 31.9 Å². The molecule has 0 bridgehead atoms. The minimum atomic E-state index is 0.164. The Morgan fingerprint density at radius 1 is 0.731 bits per heavy atom. The number of rotatable bonds is 0. The van der Waals surface area contributed by atoms with Gasteiger partial charge in [-0.2, -0.15) is 0 Å². The largest absolute Gasteiger partial charge is 0.492 e. The summed E-state index contributed by atoms with van der Waals surface area (Å²) in [5, 5.41) is 0. The van der Waals surface area contributed by atoms with Gasteiger partial charge in [-0.25, -0.2) is 0 Å². The van der Waals surface area contributed by atoms with Crippen molar-refractivity contribution in [3.05, 3.63) is 56.5 Å². The molecular formula is C19H16Br2O5. The van der Waals surface area contributed by atoms with Crippen molar-refractivity contribution in [2.75, 3.05) is 13.2 Å². The number of benzene rings is 2. The molecule has 136 valence electrons. The number of hydrogen-bond acceptors (Lipinski definition) is 5. The molecule has 5 nitrogen and oxygen atoms in total. The van der Waals surface area contributed by atoms with Gasteiger partial charge in [-0.1, -0.05) is 31.9 Å². The molecule has 0 saturated carbocycles. The highest BCUT2D eigenvalue weighted by molar-refractivity contribution is 9.10. The lowest BCUT2D eigenvalue weighted by Gasteiger charge is -2.15. The molecule has 7 heteroatoms. The summed E-state index contributed by atoms with van der Waals surface area (Å²) in [6, 6.07) is 11.0. The smallest absolute Gasteiger partial charge is 0.170 e. The Kier molecular flexibility index (Phi) is 7.53. The Morgan fingerprint density at radius 2 is 1.12 bits per heavy atom. The first-order valence-corrected chi connectivity index (χ1v) is 9.33. The zero-order chi connectivity index (χ0) is 19.1. The number of ketones is 2. The average molecular weight is 484 g/mol. The first-order chi connectivity index (χ1) is 12.5. The summed E-state index contributed by atoms with van der Waals surface area (Å²) in [4.78, 5) is 30.7. The second kappa shape index (κ2) is 9.64. The van der Waals surface area contributed by atoms with E-state index in [0.29, 0.717) is 48.7 Å². The van der Waals surface area contributed by atoms with Crippen molar-refractivity contribution in [3.8, 4) is 11.5 Å². The number of Topliss-reactive ketones (excluding diaryl/α,β-unsaturated/α-hetero) is 2. The van der Waals surface area contributed by atoms with E-state index in [0.717, 1.165) is 8.95 Å². The predicted octanol–water partition coefficient (Wildman–Crippen LogP) is 4.64. The standard InChI is InChI=1S/2C9H7BrO2.CH2O/c2*10-6-1-2-9-7(5-6)8(11)3-4-12-9;1-2/h2*1-2,5H,3-4H2;1H2. The van der Waals surface area contributed by atoms with E-state index in [4.69, 9.17) is 14.3 Å². The van der Waals surface area contributed by atoms with Crippen LogP contribution in [-0.2, 0) is 4.79 Å². The summed E-state index contributed by atoms with van der Waals surface area (Å²) in [5.74, 6) is 1.74. The number of fused-ring (bicyclic) bond motifs is 2. The first-order valence-electron chi connectivity index (χ1n) is 7.74. The van der Waals surface area contributed by atoms with E-state index in [9.17, 15) is 9.59 Å². The number of hydrogen-bond donors (Lipinski definition) is 0. The lowest BCUT2D eigenvalue weighted by Crippen LogP contribution is -2.14. The van der Waals surface area contributed by atoms with Gasteiger partial charge in [0.2, 0.25) is 0 Å². The molecule has 0 aliphatic carbocycles. The van der Waals surface area contributed by atoms with Crippen molar-refractivity contribution in [2.45, 2.75) is 12.8 Å². The zero-order valence-electron chi connectivity index (χ0n) is 13.8. The second-order valence-electron chi connectivity index (χ2n) is 5.32. The molecule has 0 spiro atoms. The van der Waals surface area contributed by atoms with Crippen molar-refractivity contribution < 1.29 is 23.9 Å². The van der Waals surface area contributed by atoms with Crippen LogP contribution in [0.5, 0.6) is 11.5 Å². The van der Waals surface area contributed by atoms with Gasteiger partial charge in [-0.15, -0.1) is 0 Å². The van der Waals surface area contributed by atoms with Gasteiger partial charge in [-0.3, -0.25) is 9.59 Å². The van der Waals surface area contributed by atoms with Crippen molar-refractivity contribution in [1.29, 1.82) is 0 Å². The molecule has 2 aliphatic rings. The highest BCUT2D eigenvalue weighted by Crippen LogP contribution is 2.28. The molecule has 0 radical (unpaired) electrons. The molecule has 0 amide bonds. The molecular weight excluding hydrogens is 468 g/mol. The summed E-state index contributed by atoms with van der Waals surface area (Å²) in [6.07, 6.45) is 0.979. The van der Waals surface area contributed by atoms with Gasteiger partial charge in [0.1, 0.15) is 18.3 Å². The third-order valence-corrected chi connectivity index (χ3v) is 4.64. The average Bonchev–Trinajstić information content (AvgIpc) is 2.65. The summed E-state index contributed by atoms with van der Waals surface area (Å²) >= 11 is 6.62. The van der Waals surface area contributed by atoms with Crippen molar-refractivity contribution in [2.24, 2.45) is 0 Å². The maximum atomic E-state index is 11.3. The van der Waals surface area contributed by atoms with Gasteiger partial charge in [0.05, 0.1) is 24.3 Å². The van der Waals surface area contributed by atoms with E-state index in [1.807, 2.05) is 31.1 Å². The second-order valence-corrected chi connectivity index (χ2v) is 7.16. The van der Waals surface area contributed by atoms with Gasteiger partial charge in [0.15, 0.2) is 11.6 Å². The number of carbonyl (C=O) groups is 3. The molecule has 0 saturated heterocycles. The van der Waals surface area contributed by atoms with Crippen LogP contribution in [0.3, 0.4) is 0 Å². The maximum absolute atomic E-state index is 11.3. The molecule has 0 fully saturated rings. The maximum Gasteiger partial charge on any atom is 0.170 e. The molecule has 0 aromatic heterocycles. The number of carbonyl (C=O) groups excluding carboxylic acids is 3. The predicted molar refractivity (Wildman–Crippen MR) is 104 cm³/mol. The molecule has 2 aliphatic heterocycles. The minimum absolute atomic E-state index is 0.164. The molecule has 2 aromatic rings. The lowest BCUT2D eigenvalue weighted by molar-refractivity contribution is -0.0980.